The Hall–Kier alpha value is -1.53. The van der Waals surface area contributed by atoms with Gasteiger partial charge in [-0.3, -0.25) is 0 Å². The van der Waals surface area contributed by atoms with Crippen LogP contribution in [0.1, 0.15) is 11.3 Å². The van der Waals surface area contributed by atoms with Gasteiger partial charge in [0.1, 0.15) is 12.1 Å². The Morgan fingerprint density at radius 3 is 3.06 bits per heavy atom. The van der Waals surface area contributed by atoms with Gasteiger partial charge < -0.3 is 9.84 Å². The smallest absolute Gasteiger partial charge is 0.165 e. The maximum atomic E-state index is 5.47. The summed E-state index contributed by atoms with van der Waals surface area (Å²) in [4.78, 5) is 8.90. The summed E-state index contributed by atoms with van der Waals surface area (Å²) in [7, 11) is 0. The molecule has 0 bridgehead atoms. The first-order valence-electron chi connectivity index (χ1n) is 4.85. The van der Waals surface area contributed by atoms with Gasteiger partial charge in [-0.15, -0.1) is 0 Å². The summed E-state index contributed by atoms with van der Waals surface area (Å²) in [6, 6.07) is 1.84. The first-order chi connectivity index (χ1) is 7.88. The highest BCUT2D eigenvalue weighted by molar-refractivity contribution is 7.98. The fourth-order valence-corrected chi connectivity index (χ4v) is 2.73. The zero-order valence-electron chi connectivity index (χ0n) is 8.43. The maximum Gasteiger partial charge on any atom is 0.165 e. The molecule has 3 N–H and O–H groups in total. The molecule has 82 valence electrons. The van der Waals surface area contributed by atoms with Gasteiger partial charge in [0.15, 0.2) is 5.82 Å². The fourth-order valence-electron chi connectivity index (χ4n) is 1.69. The van der Waals surface area contributed by atoms with Crippen LogP contribution >= 0.6 is 11.8 Å². The molecule has 3 heterocycles. The lowest BCUT2D eigenvalue weighted by Crippen LogP contribution is -2.12. The van der Waals surface area contributed by atoms with Gasteiger partial charge in [0.25, 0.3) is 0 Å². The van der Waals surface area contributed by atoms with E-state index in [0.29, 0.717) is 11.6 Å². The molecule has 6 heteroatoms. The van der Waals surface area contributed by atoms with Crippen molar-refractivity contribution in [2.75, 3.05) is 5.43 Å². The van der Waals surface area contributed by atoms with Crippen molar-refractivity contribution in [3.05, 3.63) is 29.9 Å². The molecule has 3 rings (SSSR count). The van der Waals surface area contributed by atoms with Crippen LogP contribution in [0.5, 0.6) is 0 Å². The standard InChI is InChI=1S/C10H10N4OS/c11-14-10-7-4-16-5-8(7)12-9(13-10)6-1-2-15-3-6/h1-3H,4-5,11H2,(H,12,13,14). The molecule has 0 fully saturated rings. The van der Waals surface area contributed by atoms with Crippen LogP contribution in [0, 0.1) is 0 Å². The summed E-state index contributed by atoms with van der Waals surface area (Å²) in [6.07, 6.45) is 3.24. The van der Waals surface area contributed by atoms with Gasteiger partial charge in [0.05, 0.1) is 17.5 Å². The molecule has 0 radical (unpaired) electrons. The lowest BCUT2D eigenvalue weighted by molar-refractivity contribution is 0.568. The number of nitrogen functional groups attached to an aromatic ring is 1. The first kappa shape index (κ1) is 9.68. The Bertz CT molecular complexity index is 512. The normalized spacial score (nSPS) is 13.8. The minimum Gasteiger partial charge on any atom is -0.472 e. The number of hydrazine groups is 1. The van der Waals surface area contributed by atoms with Gasteiger partial charge in [0, 0.05) is 17.1 Å². The monoisotopic (exact) mass is 234 g/mol. The summed E-state index contributed by atoms with van der Waals surface area (Å²) < 4.78 is 5.02. The Kier molecular flexibility index (Phi) is 2.30. The molecule has 16 heavy (non-hydrogen) atoms. The van der Waals surface area contributed by atoms with Crippen molar-refractivity contribution in [2.45, 2.75) is 11.5 Å². The lowest BCUT2D eigenvalue weighted by atomic mass is 10.2. The zero-order valence-corrected chi connectivity index (χ0v) is 9.25. The van der Waals surface area contributed by atoms with Crippen LogP contribution in [0.25, 0.3) is 11.4 Å². The van der Waals surface area contributed by atoms with E-state index in [-0.39, 0.29) is 0 Å². The van der Waals surface area contributed by atoms with E-state index in [1.54, 1.807) is 12.5 Å². The molecule has 1 aliphatic rings. The maximum absolute atomic E-state index is 5.47. The number of fused-ring (bicyclic) bond motifs is 1. The van der Waals surface area contributed by atoms with Crippen molar-refractivity contribution in [2.24, 2.45) is 5.84 Å². The van der Waals surface area contributed by atoms with Crippen molar-refractivity contribution in [3.8, 4) is 11.4 Å². The third kappa shape index (κ3) is 1.46. The molecular formula is C10H10N4OS. The molecule has 0 atom stereocenters. The fraction of sp³-hybridized carbons (Fsp3) is 0.200. The minimum atomic E-state index is 0.656. The van der Waals surface area contributed by atoms with Gasteiger partial charge in [0.2, 0.25) is 0 Å². The number of rotatable bonds is 2. The van der Waals surface area contributed by atoms with E-state index < -0.39 is 0 Å². The molecule has 0 spiro atoms. The number of aromatic nitrogens is 2. The zero-order chi connectivity index (χ0) is 11.0. The van der Waals surface area contributed by atoms with Gasteiger partial charge >= 0.3 is 0 Å². The second-order valence-electron chi connectivity index (χ2n) is 3.47. The number of anilines is 1. The van der Waals surface area contributed by atoms with E-state index in [4.69, 9.17) is 10.3 Å². The number of nitrogens with zero attached hydrogens (tertiary/aromatic N) is 2. The second-order valence-corrected chi connectivity index (χ2v) is 4.46. The number of hydrogen-bond donors (Lipinski definition) is 2. The molecule has 0 aliphatic carbocycles. The van der Waals surface area contributed by atoms with Crippen molar-refractivity contribution < 1.29 is 4.42 Å². The number of hydrogen-bond acceptors (Lipinski definition) is 6. The summed E-state index contributed by atoms with van der Waals surface area (Å²) in [5.74, 6) is 8.67. The molecular weight excluding hydrogens is 224 g/mol. The Morgan fingerprint density at radius 2 is 2.31 bits per heavy atom. The SMILES string of the molecule is NNc1nc(-c2ccoc2)nc2c1CSC2. The summed E-state index contributed by atoms with van der Waals surface area (Å²) in [5.41, 5.74) is 5.68. The van der Waals surface area contributed by atoms with E-state index in [1.807, 2.05) is 17.8 Å². The molecule has 0 saturated carbocycles. The van der Waals surface area contributed by atoms with E-state index in [9.17, 15) is 0 Å². The van der Waals surface area contributed by atoms with Crippen molar-refractivity contribution in [1.82, 2.24) is 9.97 Å². The summed E-state index contributed by atoms with van der Waals surface area (Å²) >= 11 is 1.82. The van der Waals surface area contributed by atoms with Crippen LogP contribution in [-0.4, -0.2) is 9.97 Å². The Labute approximate surface area is 96.4 Å². The number of furan rings is 1. The molecule has 0 unspecified atom stereocenters. The third-order valence-electron chi connectivity index (χ3n) is 2.49. The van der Waals surface area contributed by atoms with Crippen LogP contribution in [0.3, 0.4) is 0 Å². The van der Waals surface area contributed by atoms with Crippen molar-refractivity contribution >= 4 is 17.6 Å². The molecule has 5 nitrogen and oxygen atoms in total. The average Bonchev–Trinajstić information content (AvgIpc) is 2.97. The molecule has 2 aromatic heterocycles. The molecule has 2 aromatic rings. The first-order valence-corrected chi connectivity index (χ1v) is 6.00. The average molecular weight is 234 g/mol. The van der Waals surface area contributed by atoms with E-state index >= 15 is 0 Å². The second kappa shape index (κ2) is 3.80. The van der Waals surface area contributed by atoms with Crippen LogP contribution in [-0.2, 0) is 11.5 Å². The van der Waals surface area contributed by atoms with E-state index in [0.717, 1.165) is 28.3 Å². The van der Waals surface area contributed by atoms with Crippen molar-refractivity contribution in [3.63, 3.8) is 0 Å². The lowest BCUT2D eigenvalue weighted by Gasteiger charge is -2.07. The van der Waals surface area contributed by atoms with Crippen molar-refractivity contribution in [1.29, 1.82) is 0 Å². The van der Waals surface area contributed by atoms with Crippen LogP contribution in [0.2, 0.25) is 0 Å². The van der Waals surface area contributed by atoms with Crippen LogP contribution in [0.15, 0.2) is 23.0 Å². The largest absolute Gasteiger partial charge is 0.472 e. The van der Waals surface area contributed by atoms with Gasteiger partial charge in [-0.05, 0) is 6.07 Å². The predicted octanol–water partition coefficient (Wildman–Crippen LogP) is 1.77. The van der Waals surface area contributed by atoms with Gasteiger partial charge in [-0.1, -0.05) is 0 Å². The van der Waals surface area contributed by atoms with Crippen LogP contribution in [0.4, 0.5) is 5.82 Å². The quantitative estimate of drug-likeness (QED) is 0.609. The molecule has 1 aliphatic heterocycles. The highest BCUT2D eigenvalue weighted by Crippen LogP contribution is 2.33. The van der Waals surface area contributed by atoms with Gasteiger partial charge in [-0.25, -0.2) is 15.8 Å². The minimum absolute atomic E-state index is 0.656. The highest BCUT2D eigenvalue weighted by atomic mass is 32.2. The third-order valence-corrected chi connectivity index (χ3v) is 3.46. The van der Waals surface area contributed by atoms with Crippen LogP contribution < -0.4 is 11.3 Å². The Balaban J connectivity index is 2.15. The topological polar surface area (TPSA) is 77.0 Å². The molecule has 0 amide bonds. The Morgan fingerprint density at radius 1 is 1.38 bits per heavy atom. The molecule has 0 aromatic carbocycles. The van der Waals surface area contributed by atoms with Gasteiger partial charge in [-0.2, -0.15) is 11.8 Å². The predicted molar refractivity (Wildman–Crippen MR) is 62.5 cm³/mol. The number of nitrogens with one attached hydrogen (secondary N) is 1. The summed E-state index contributed by atoms with van der Waals surface area (Å²) in [6.45, 7) is 0. The van der Waals surface area contributed by atoms with E-state index in [1.165, 1.54) is 0 Å². The summed E-state index contributed by atoms with van der Waals surface area (Å²) in [5, 5.41) is 0. The molecule has 0 saturated heterocycles. The highest BCUT2D eigenvalue weighted by Gasteiger charge is 2.19. The van der Waals surface area contributed by atoms with E-state index in [2.05, 4.69) is 15.4 Å². The number of nitrogens with two attached hydrogens (primary N) is 1. The number of thioether (sulfide) groups is 1.